The van der Waals surface area contributed by atoms with E-state index < -0.39 is 0 Å². The van der Waals surface area contributed by atoms with Gasteiger partial charge in [-0.3, -0.25) is 4.79 Å². The number of ether oxygens (including phenoxy) is 1. The van der Waals surface area contributed by atoms with Crippen molar-refractivity contribution in [3.05, 3.63) is 47.9 Å². The number of methoxy groups -OCH3 is 1. The molecule has 5 heteroatoms. The van der Waals surface area contributed by atoms with Crippen molar-refractivity contribution < 1.29 is 13.9 Å². The van der Waals surface area contributed by atoms with Crippen LogP contribution in [0.25, 0.3) is 0 Å². The Kier molecular flexibility index (Phi) is 4.30. The molecule has 106 valence electrons. The van der Waals surface area contributed by atoms with Crippen molar-refractivity contribution in [1.82, 2.24) is 4.90 Å². The van der Waals surface area contributed by atoms with Gasteiger partial charge in [-0.25, -0.2) is 0 Å². The standard InChI is InChI=1S/C15H18N2O3/c1-3-17(10-12-5-4-8-20-12)15(18)13-7-6-11(19-2)9-14(13)16/h4-9H,3,10,16H2,1-2H3. The predicted molar refractivity (Wildman–Crippen MR) is 76.5 cm³/mol. The molecule has 1 aromatic carbocycles. The summed E-state index contributed by atoms with van der Waals surface area (Å²) >= 11 is 0. The van der Waals surface area contributed by atoms with Gasteiger partial charge in [0.05, 0.1) is 25.5 Å². The molecule has 0 aliphatic carbocycles. The van der Waals surface area contributed by atoms with E-state index in [0.717, 1.165) is 5.76 Å². The molecule has 0 saturated carbocycles. The summed E-state index contributed by atoms with van der Waals surface area (Å²) in [6.07, 6.45) is 1.59. The molecule has 0 radical (unpaired) electrons. The first-order valence-corrected chi connectivity index (χ1v) is 6.41. The second kappa shape index (κ2) is 6.14. The Morgan fingerprint density at radius 3 is 2.75 bits per heavy atom. The van der Waals surface area contributed by atoms with E-state index in [0.29, 0.717) is 30.1 Å². The molecule has 0 aliphatic heterocycles. The number of rotatable bonds is 5. The minimum Gasteiger partial charge on any atom is -0.497 e. The first-order chi connectivity index (χ1) is 9.65. The molecule has 20 heavy (non-hydrogen) atoms. The lowest BCUT2D eigenvalue weighted by Gasteiger charge is -2.20. The lowest BCUT2D eigenvalue weighted by molar-refractivity contribution is 0.0742. The fourth-order valence-electron chi connectivity index (χ4n) is 1.95. The van der Waals surface area contributed by atoms with Crippen molar-refractivity contribution in [3.63, 3.8) is 0 Å². The Bertz CT molecular complexity index is 579. The quantitative estimate of drug-likeness (QED) is 0.851. The fourth-order valence-corrected chi connectivity index (χ4v) is 1.95. The van der Waals surface area contributed by atoms with Crippen LogP contribution in [0.2, 0.25) is 0 Å². The maximum atomic E-state index is 12.5. The van der Waals surface area contributed by atoms with E-state index in [2.05, 4.69) is 0 Å². The zero-order chi connectivity index (χ0) is 14.5. The molecular weight excluding hydrogens is 256 g/mol. The van der Waals surface area contributed by atoms with Crippen LogP contribution in [0.5, 0.6) is 5.75 Å². The molecule has 0 bridgehead atoms. The zero-order valence-corrected chi connectivity index (χ0v) is 11.6. The normalized spacial score (nSPS) is 10.3. The number of amides is 1. The molecule has 0 aliphatic rings. The van der Waals surface area contributed by atoms with Crippen molar-refractivity contribution in [1.29, 1.82) is 0 Å². The van der Waals surface area contributed by atoms with E-state index in [9.17, 15) is 4.79 Å². The Morgan fingerprint density at radius 1 is 1.40 bits per heavy atom. The molecule has 0 unspecified atom stereocenters. The van der Waals surface area contributed by atoms with Gasteiger partial charge < -0.3 is 19.8 Å². The first-order valence-electron chi connectivity index (χ1n) is 6.41. The summed E-state index contributed by atoms with van der Waals surface area (Å²) in [4.78, 5) is 14.2. The van der Waals surface area contributed by atoms with Crippen LogP contribution in [0.15, 0.2) is 41.0 Å². The van der Waals surface area contributed by atoms with Gasteiger partial charge in [-0.2, -0.15) is 0 Å². The number of carbonyl (C=O) groups excluding carboxylic acids is 1. The molecule has 1 aromatic heterocycles. The van der Waals surface area contributed by atoms with Crippen LogP contribution >= 0.6 is 0 Å². The number of nitrogen functional groups attached to an aromatic ring is 1. The van der Waals surface area contributed by atoms with Gasteiger partial charge in [0.1, 0.15) is 11.5 Å². The summed E-state index contributed by atoms with van der Waals surface area (Å²) in [7, 11) is 1.56. The summed E-state index contributed by atoms with van der Waals surface area (Å²) in [6.45, 7) is 2.92. The number of anilines is 1. The number of hydrogen-bond donors (Lipinski definition) is 1. The lowest BCUT2D eigenvalue weighted by atomic mass is 10.1. The fraction of sp³-hybridized carbons (Fsp3) is 0.267. The second-order valence-electron chi connectivity index (χ2n) is 4.35. The van der Waals surface area contributed by atoms with Crippen molar-refractivity contribution in [2.75, 3.05) is 19.4 Å². The number of nitrogens with zero attached hydrogens (tertiary/aromatic N) is 1. The number of carbonyl (C=O) groups is 1. The highest BCUT2D eigenvalue weighted by Crippen LogP contribution is 2.21. The van der Waals surface area contributed by atoms with E-state index in [4.69, 9.17) is 14.9 Å². The molecule has 0 atom stereocenters. The lowest BCUT2D eigenvalue weighted by Crippen LogP contribution is -2.30. The monoisotopic (exact) mass is 274 g/mol. The summed E-state index contributed by atoms with van der Waals surface area (Å²) in [5, 5.41) is 0. The van der Waals surface area contributed by atoms with Crippen LogP contribution in [0.1, 0.15) is 23.0 Å². The molecule has 0 saturated heterocycles. The van der Waals surface area contributed by atoms with Crippen LogP contribution < -0.4 is 10.5 Å². The summed E-state index contributed by atoms with van der Waals surface area (Å²) < 4.78 is 10.4. The van der Waals surface area contributed by atoms with Gasteiger partial charge in [0.2, 0.25) is 0 Å². The van der Waals surface area contributed by atoms with Crippen LogP contribution in [-0.2, 0) is 6.54 Å². The van der Waals surface area contributed by atoms with Crippen LogP contribution in [-0.4, -0.2) is 24.5 Å². The molecule has 2 rings (SSSR count). The van der Waals surface area contributed by atoms with Gasteiger partial charge in [0, 0.05) is 18.3 Å². The van der Waals surface area contributed by atoms with Crippen LogP contribution in [0, 0.1) is 0 Å². The van der Waals surface area contributed by atoms with Crippen molar-refractivity contribution >= 4 is 11.6 Å². The number of furan rings is 1. The van der Waals surface area contributed by atoms with Crippen LogP contribution in [0.3, 0.4) is 0 Å². The highest BCUT2D eigenvalue weighted by atomic mass is 16.5. The molecular formula is C15H18N2O3. The smallest absolute Gasteiger partial charge is 0.256 e. The van der Waals surface area contributed by atoms with E-state index in [1.54, 1.807) is 42.5 Å². The molecule has 2 N–H and O–H groups in total. The Labute approximate surface area is 117 Å². The largest absolute Gasteiger partial charge is 0.497 e. The third-order valence-corrected chi connectivity index (χ3v) is 3.08. The third kappa shape index (κ3) is 2.93. The topological polar surface area (TPSA) is 68.7 Å². The Balaban J connectivity index is 2.20. The van der Waals surface area contributed by atoms with Crippen LogP contribution in [0.4, 0.5) is 5.69 Å². The molecule has 5 nitrogen and oxygen atoms in total. The van der Waals surface area contributed by atoms with E-state index >= 15 is 0 Å². The SMILES string of the molecule is CCN(Cc1ccco1)C(=O)c1ccc(OC)cc1N. The molecule has 1 amide bonds. The van der Waals surface area contributed by atoms with Gasteiger partial charge in [-0.05, 0) is 31.2 Å². The minimum absolute atomic E-state index is 0.121. The van der Waals surface area contributed by atoms with E-state index in [1.807, 2.05) is 13.0 Å². The molecule has 1 heterocycles. The third-order valence-electron chi connectivity index (χ3n) is 3.08. The number of nitrogens with two attached hydrogens (primary N) is 1. The molecule has 0 fully saturated rings. The van der Waals surface area contributed by atoms with E-state index in [1.165, 1.54) is 0 Å². The Hall–Kier alpha value is -2.43. The maximum absolute atomic E-state index is 12.5. The van der Waals surface area contributed by atoms with Crippen molar-refractivity contribution in [3.8, 4) is 5.75 Å². The average Bonchev–Trinajstić information content (AvgIpc) is 2.96. The summed E-state index contributed by atoms with van der Waals surface area (Å²) in [5.41, 5.74) is 6.79. The van der Waals surface area contributed by atoms with E-state index in [-0.39, 0.29) is 5.91 Å². The molecule has 2 aromatic rings. The number of hydrogen-bond acceptors (Lipinski definition) is 4. The molecule has 0 spiro atoms. The van der Waals surface area contributed by atoms with Gasteiger partial charge in [0.25, 0.3) is 5.91 Å². The van der Waals surface area contributed by atoms with Gasteiger partial charge in [-0.15, -0.1) is 0 Å². The Morgan fingerprint density at radius 2 is 2.20 bits per heavy atom. The highest BCUT2D eigenvalue weighted by Gasteiger charge is 2.18. The van der Waals surface area contributed by atoms with Crippen molar-refractivity contribution in [2.24, 2.45) is 0 Å². The highest BCUT2D eigenvalue weighted by molar-refractivity contribution is 5.99. The average molecular weight is 274 g/mol. The van der Waals surface area contributed by atoms with Gasteiger partial charge >= 0.3 is 0 Å². The summed E-state index contributed by atoms with van der Waals surface area (Å²) in [6, 6.07) is 8.70. The van der Waals surface area contributed by atoms with Gasteiger partial charge in [-0.1, -0.05) is 0 Å². The maximum Gasteiger partial charge on any atom is 0.256 e. The predicted octanol–water partition coefficient (Wildman–Crippen LogP) is 2.53. The van der Waals surface area contributed by atoms with Crippen molar-refractivity contribution in [2.45, 2.75) is 13.5 Å². The first kappa shape index (κ1) is 14.0. The second-order valence-corrected chi connectivity index (χ2v) is 4.35. The summed E-state index contributed by atoms with van der Waals surface area (Å²) in [5.74, 6) is 1.25. The minimum atomic E-state index is -0.121. The van der Waals surface area contributed by atoms with Gasteiger partial charge in [0.15, 0.2) is 0 Å². The number of benzene rings is 1. The zero-order valence-electron chi connectivity index (χ0n) is 11.6.